The van der Waals surface area contributed by atoms with Crippen molar-refractivity contribution >= 4 is 22.6 Å². The molecule has 0 spiro atoms. The van der Waals surface area contributed by atoms with Crippen LogP contribution in [-0.2, 0) is 0 Å². The first kappa shape index (κ1) is 8.17. The number of amidine groups is 1. The summed E-state index contributed by atoms with van der Waals surface area (Å²) in [4.78, 5) is 7.18. The van der Waals surface area contributed by atoms with Gasteiger partial charge in [0.25, 0.3) is 0 Å². The van der Waals surface area contributed by atoms with Gasteiger partial charge in [0.15, 0.2) is 11.0 Å². The number of hydrogen-bond acceptors (Lipinski definition) is 2. The molecule has 0 heterocycles. The lowest BCUT2D eigenvalue weighted by Gasteiger charge is -1.90. The maximum atomic E-state index is 5.44. The van der Waals surface area contributed by atoms with E-state index in [1.54, 1.807) is 0 Å². The number of rotatable bonds is 2. The highest BCUT2D eigenvalue weighted by Gasteiger charge is 1.94. The fourth-order valence-corrected chi connectivity index (χ4v) is 0.315. The van der Waals surface area contributed by atoms with Crippen LogP contribution >= 0.6 is 11.6 Å². The standard InChI is InChI=1S/C5H8ClN3/c1-3-9-5(7)4(6)8-2/h3H,1H2,2H3,(H2,7,9). The van der Waals surface area contributed by atoms with Crippen molar-refractivity contribution < 1.29 is 0 Å². The molecule has 0 aliphatic carbocycles. The summed E-state index contributed by atoms with van der Waals surface area (Å²) in [5.74, 6) is 0.189. The largest absolute Gasteiger partial charge is 0.381 e. The number of halogens is 1. The summed E-state index contributed by atoms with van der Waals surface area (Å²) >= 11 is 5.44. The van der Waals surface area contributed by atoms with Crippen LogP contribution in [0, 0.1) is 0 Å². The van der Waals surface area contributed by atoms with Crippen molar-refractivity contribution in [3.63, 3.8) is 0 Å². The lowest BCUT2D eigenvalue weighted by molar-refractivity contribution is 1.45. The summed E-state index contributed by atoms with van der Waals surface area (Å²) in [5.41, 5.74) is 5.25. The van der Waals surface area contributed by atoms with Gasteiger partial charge < -0.3 is 5.73 Å². The van der Waals surface area contributed by atoms with Crippen LogP contribution in [0.25, 0.3) is 0 Å². The monoisotopic (exact) mass is 145 g/mol. The quantitative estimate of drug-likeness (QED) is 0.453. The second kappa shape index (κ2) is 4.09. The molecule has 0 rings (SSSR count). The highest BCUT2D eigenvalue weighted by molar-refractivity contribution is 6.83. The van der Waals surface area contributed by atoms with Gasteiger partial charge in [-0.15, -0.1) is 0 Å². The molecule has 0 bridgehead atoms. The Bertz CT molecular complexity index is 160. The zero-order valence-electron chi connectivity index (χ0n) is 5.13. The third kappa shape index (κ3) is 2.87. The Balaban J connectivity index is 4.19. The molecule has 0 saturated heterocycles. The summed E-state index contributed by atoms with van der Waals surface area (Å²) in [6.45, 7) is 3.34. The summed E-state index contributed by atoms with van der Waals surface area (Å²) in [7, 11) is 1.54. The minimum atomic E-state index is 0.189. The van der Waals surface area contributed by atoms with E-state index in [0.717, 1.165) is 0 Å². The average Bonchev–Trinajstić information content (AvgIpc) is 1.87. The summed E-state index contributed by atoms with van der Waals surface area (Å²) in [6.07, 6.45) is 1.31. The van der Waals surface area contributed by atoms with E-state index in [2.05, 4.69) is 16.6 Å². The van der Waals surface area contributed by atoms with Crippen molar-refractivity contribution in [2.24, 2.45) is 15.7 Å². The Morgan fingerprint density at radius 3 is 2.67 bits per heavy atom. The van der Waals surface area contributed by atoms with Crippen molar-refractivity contribution in [1.29, 1.82) is 0 Å². The zero-order chi connectivity index (χ0) is 7.28. The van der Waals surface area contributed by atoms with Gasteiger partial charge in [0.05, 0.1) is 0 Å². The number of nitrogens with two attached hydrogens (primary N) is 1. The molecule has 0 aromatic rings. The van der Waals surface area contributed by atoms with E-state index in [-0.39, 0.29) is 11.0 Å². The van der Waals surface area contributed by atoms with Gasteiger partial charge in [-0.3, -0.25) is 4.99 Å². The van der Waals surface area contributed by atoms with Crippen LogP contribution < -0.4 is 5.73 Å². The smallest absolute Gasteiger partial charge is 0.165 e. The van der Waals surface area contributed by atoms with Crippen LogP contribution in [0.3, 0.4) is 0 Å². The Morgan fingerprint density at radius 1 is 1.78 bits per heavy atom. The molecule has 9 heavy (non-hydrogen) atoms. The van der Waals surface area contributed by atoms with Crippen LogP contribution in [0.1, 0.15) is 0 Å². The second-order valence-electron chi connectivity index (χ2n) is 1.21. The zero-order valence-corrected chi connectivity index (χ0v) is 5.89. The number of hydrogen-bond donors (Lipinski definition) is 1. The van der Waals surface area contributed by atoms with Gasteiger partial charge in [-0.05, 0) is 0 Å². The van der Waals surface area contributed by atoms with Gasteiger partial charge in [0.2, 0.25) is 0 Å². The van der Waals surface area contributed by atoms with Gasteiger partial charge >= 0.3 is 0 Å². The topological polar surface area (TPSA) is 50.7 Å². The number of aliphatic imine (C=N–C) groups is 2. The average molecular weight is 146 g/mol. The lowest BCUT2D eigenvalue weighted by Crippen LogP contribution is -2.18. The molecule has 0 amide bonds. The molecular formula is C5H8ClN3. The van der Waals surface area contributed by atoms with E-state index in [4.69, 9.17) is 17.3 Å². The molecule has 0 aliphatic heterocycles. The third-order valence-electron chi connectivity index (χ3n) is 0.638. The van der Waals surface area contributed by atoms with Crippen LogP contribution in [0.2, 0.25) is 0 Å². The Labute approximate surface area is 58.9 Å². The van der Waals surface area contributed by atoms with Crippen LogP contribution in [0.4, 0.5) is 0 Å². The highest BCUT2D eigenvalue weighted by Crippen LogP contribution is 1.84. The van der Waals surface area contributed by atoms with Crippen molar-refractivity contribution in [3.8, 4) is 0 Å². The van der Waals surface area contributed by atoms with E-state index in [9.17, 15) is 0 Å². The predicted octanol–water partition coefficient (Wildman–Crippen LogP) is 0.754. The summed E-state index contributed by atoms with van der Waals surface area (Å²) < 4.78 is 0. The van der Waals surface area contributed by atoms with E-state index >= 15 is 0 Å². The fourth-order valence-electron chi connectivity index (χ4n) is 0.266. The molecule has 0 aliphatic rings. The highest BCUT2D eigenvalue weighted by atomic mass is 35.5. The second-order valence-corrected chi connectivity index (χ2v) is 1.57. The molecule has 50 valence electrons. The van der Waals surface area contributed by atoms with Gasteiger partial charge in [0, 0.05) is 13.2 Å². The third-order valence-corrected chi connectivity index (χ3v) is 1.00. The normalized spacial score (nSPS) is 13.6. The molecular weight excluding hydrogens is 138 g/mol. The minimum Gasteiger partial charge on any atom is -0.381 e. The molecule has 2 N–H and O–H groups in total. The fraction of sp³-hybridized carbons (Fsp3) is 0.200. The molecule has 0 unspecified atom stereocenters. The van der Waals surface area contributed by atoms with Crippen molar-refractivity contribution in [2.45, 2.75) is 0 Å². The molecule has 0 saturated carbocycles. The molecule has 3 nitrogen and oxygen atoms in total. The van der Waals surface area contributed by atoms with Gasteiger partial charge in [-0.25, -0.2) is 4.99 Å². The molecule has 4 heteroatoms. The van der Waals surface area contributed by atoms with E-state index in [1.165, 1.54) is 13.2 Å². The first-order valence-corrected chi connectivity index (χ1v) is 2.67. The molecule has 0 aromatic heterocycles. The van der Waals surface area contributed by atoms with E-state index in [1.807, 2.05) is 0 Å². The van der Waals surface area contributed by atoms with Crippen LogP contribution in [0.5, 0.6) is 0 Å². The first-order valence-electron chi connectivity index (χ1n) is 2.29. The Morgan fingerprint density at radius 2 is 2.33 bits per heavy atom. The van der Waals surface area contributed by atoms with Crippen molar-refractivity contribution in [1.82, 2.24) is 0 Å². The first-order chi connectivity index (χ1) is 4.22. The van der Waals surface area contributed by atoms with Crippen LogP contribution in [0.15, 0.2) is 22.8 Å². The maximum absolute atomic E-state index is 5.44. The van der Waals surface area contributed by atoms with E-state index < -0.39 is 0 Å². The lowest BCUT2D eigenvalue weighted by atomic mass is 10.6. The predicted molar refractivity (Wildman–Crippen MR) is 41.0 cm³/mol. The van der Waals surface area contributed by atoms with Crippen molar-refractivity contribution in [3.05, 3.63) is 12.8 Å². The SMILES string of the molecule is C=CN=C(N)C(Cl)=NC. The van der Waals surface area contributed by atoms with E-state index in [0.29, 0.717) is 0 Å². The molecule has 0 radical (unpaired) electrons. The summed E-state index contributed by atoms with van der Waals surface area (Å²) in [5, 5.41) is 0.204. The molecule has 0 aromatic carbocycles. The minimum absolute atomic E-state index is 0.189. The molecule has 0 fully saturated rings. The van der Waals surface area contributed by atoms with Gasteiger partial charge in [-0.1, -0.05) is 18.2 Å². The number of nitrogens with zero attached hydrogens (tertiary/aromatic N) is 2. The Kier molecular flexibility index (Phi) is 3.71. The van der Waals surface area contributed by atoms with Gasteiger partial charge in [-0.2, -0.15) is 0 Å². The Hall–Kier alpha value is -0.830. The molecule has 0 atom stereocenters. The summed E-state index contributed by atoms with van der Waals surface area (Å²) in [6, 6.07) is 0. The van der Waals surface area contributed by atoms with Gasteiger partial charge in [0.1, 0.15) is 0 Å². The maximum Gasteiger partial charge on any atom is 0.165 e. The van der Waals surface area contributed by atoms with Crippen LogP contribution in [-0.4, -0.2) is 18.1 Å². The van der Waals surface area contributed by atoms with Crippen molar-refractivity contribution in [2.75, 3.05) is 7.05 Å².